The van der Waals surface area contributed by atoms with Crippen molar-refractivity contribution in [3.8, 4) is 12.3 Å². The summed E-state index contributed by atoms with van der Waals surface area (Å²) < 4.78 is 5.72. The third-order valence-electron chi connectivity index (χ3n) is 3.43. The number of aliphatic hydroxyl groups is 1. The fourth-order valence-corrected chi connectivity index (χ4v) is 2.28. The van der Waals surface area contributed by atoms with Crippen LogP contribution < -0.4 is 0 Å². The molecule has 1 fully saturated rings. The van der Waals surface area contributed by atoms with Crippen LogP contribution in [0.15, 0.2) is 0 Å². The average Bonchev–Trinajstić information content (AvgIpc) is 2.18. The highest BCUT2D eigenvalue weighted by molar-refractivity contribution is 4.93. The van der Waals surface area contributed by atoms with Gasteiger partial charge >= 0.3 is 0 Å². The molecule has 2 unspecified atom stereocenters. The van der Waals surface area contributed by atoms with Crippen LogP contribution in [0.1, 0.15) is 52.4 Å². The van der Waals surface area contributed by atoms with Gasteiger partial charge in [0.25, 0.3) is 0 Å². The summed E-state index contributed by atoms with van der Waals surface area (Å²) in [7, 11) is 0. The standard InChI is InChI=1S/C13H22O2/c1-4-6-7-8-13(14)9-10-15-12(3,5-2)11-13/h1,14H,5-11H2,2-3H3. The Morgan fingerprint density at radius 3 is 2.87 bits per heavy atom. The van der Waals surface area contributed by atoms with E-state index in [1.165, 1.54) is 0 Å². The van der Waals surface area contributed by atoms with Crippen molar-refractivity contribution < 1.29 is 9.84 Å². The number of unbranched alkanes of at least 4 members (excludes halogenated alkanes) is 1. The zero-order chi connectivity index (χ0) is 11.4. The van der Waals surface area contributed by atoms with Gasteiger partial charge in [0, 0.05) is 12.8 Å². The van der Waals surface area contributed by atoms with Gasteiger partial charge in [-0.05, 0) is 32.6 Å². The lowest BCUT2D eigenvalue weighted by Gasteiger charge is -2.43. The first kappa shape index (κ1) is 12.5. The third-order valence-corrected chi connectivity index (χ3v) is 3.43. The largest absolute Gasteiger partial charge is 0.390 e. The molecule has 15 heavy (non-hydrogen) atoms. The summed E-state index contributed by atoms with van der Waals surface area (Å²) in [6.07, 6.45) is 10.1. The van der Waals surface area contributed by atoms with Crippen LogP contribution in [-0.2, 0) is 4.74 Å². The molecule has 1 aliphatic heterocycles. The van der Waals surface area contributed by atoms with E-state index in [0.29, 0.717) is 6.61 Å². The van der Waals surface area contributed by atoms with Crippen molar-refractivity contribution in [2.24, 2.45) is 0 Å². The number of ether oxygens (including phenoxy) is 1. The van der Waals surface area contributed by atoms with E-state index in [0.717, 1.165) is 38.5 Å². The minimum Gasteiger partial charge on any atom is -0.390 e. The van der Waals surface area contributed by atoms with Gasteiger partial charge in [0.2, 0.25) is 0 Å². The molecular formula is C13H22O2. The van der Waals surface area contributed by atoms with Gasteiger partial charge in [-0.3, -0.25) is 0 Å². The van der Waals surface area contributed by atoms with E-state index in [9.17, 15) is 5.11 Å². The molecule has 0 aliphatic carbocycles. The van der Waals surface area contributed by atoms with E-state index in [1.54, 1.807) is 0 Å². The van der Waals surface area contributed by atoms with Gasteiger partial charge in [-0.1, -0.05) is 6.92 Å². The van der Waals surface area contributed by atoms with Crippen LogP contribution in [0.5, 0.6) is 0 Å². The Morgan fingerprint density at radius 2 is 2.27 bits per heavy atom. The fraction of sp³-hybridized carbons (Fsp3) is 0.846. The first-order valence-corrected chi connectivity index (χ1v) is 5.83. The first-order chi connectivity index (χ1) is 7.04. The van der Waals surface area contributed by atoms with Gasteiger partial charge in [-0.2, -0.15) is 0 Å². The zero-order valence-electron chi connectivity index (χ0n) is 9.88. The Kier molecular flexibility index (Phi) is 4.19. The second kappa shape index (κ2) is 5.01. The van der Waals surface area contributed by atoms with Gasteiger partial charge in [-0.25, -0.2) is 0 Å². The summed E-state index contributed by atoms with van der Waals surface area (Å²) >= 11 is 0. The molecule has 0 amide bonds. The molecule has 0 aromatic rings. The second-order valence-electron chi connectivity index (χ2n) is 4.86. The summed E-state index contributed by atoms with van der Waals surface area (Å²) in [6, 6.07) is 0. The molecule has 0 spiro atoms. The predicted molar refractivity (Wildman–Crippen MR) is 61.5 cm³/mol. The predicted octanol–water partition coefficient (Wildman–Crippen LogP) is 2.50. The number of rotatable bonds is 4. The maximum absolute atomic E-state index is 10.4. The molecule has 0 aromatic heterocycles. The lowest BCUT2D eigenvalue weighted by molar-refractivity contribution is -0.156. The molecule has 0 aromatic carbocycles. The lowest BCUT2D eigenvalue weighted by atomic mass is 9.79. The van der Waals surface area contributed by atoms with E-state index in [-0.39, 0.29) is 5.60 Å². The molecule has 0 saturated carbocycles. The monoisotopic (exact) mass is 210 g/mol. The summed E-state index contributed by atoms with van der Waals surface area (Å²) in [5, 5.41) is 10.4. The summed E-state index contributed by atoms with van der Waals surface area (Å²) in [5.74, 6) is 2.62. The average molecular weight is 210 g/mol. The molecule has 1 saturated heterocycles. The molecule has 0 radical (unpaired) electrons. The maximum Gasteiger partial charge on any atom is 0.0697 e. The maximum atomic E-state index is 10.4. The SMILES string of the molecule is C#CCCCC1(O)CCOC(C)(CC)C1. The van der Waals surface area contributed by atoms with Crippen LogP contribution in [0.25, 0.3) is 0 Å². The Morgan fingerprint density at radius 1 is 1.53 bits per heavy atom. The van der Waals surface area contributed by atoms with Crippen LogP contribution in [0.2, 0.25) is 0 Å². The molecule has 86 valence electrons. The minimum absolute atomic E-state index is 0.150. The van der Waals surface area contributed by atoms with E-state index in [2.05, 4.69) is 19.8 Å². The summed E-state index contributed by atoms with van der Waals surface area (Å²) in [4.78, 5) is 0. The van der Waals surface area contributed by atoms with Crippen LogP contribution >= 0.6 is 0 Å². The van der Waals surface area contributed by atoms with Crippen molar-refractivity contribution in [3.63, 3.8) is 0 Å². The second-order valence-corrected chi connectivity index (χ2v) is 4.86. The Balaban J connectivity index is 2.49. The normalized spacial score (nSPS) is 36.1. The topological polar surface area (TPSA) is 29.5 Å². The van der Waals surface area contributed by atoms with Gasteiger partial charge in [0.1, 0.15) is 0 Å². The van der Waals surface area contributed by atoms with Crippen LogP contribution in [0.4, 0.5) is 0 Å². The lowest BCUT2D eigenvalue weighted by Crippen LogP contribution is -2.47. The van der Waals surface area contributed by atoms with E-state index in [1.807, 2.05) is 0 Å². The van der Waals surface area contributed by atoms with Gasteiger partial charge < -0.3 is 9.84 Å². The molecule has 2 atom stereocenters. The van der Waals surface area contributed by atoms with Crippen LogP contribution in [-0.4, -0.2) is 22.9 Å². The summed E-state index contributed by atoms with van der Waals surface area (Å²) in [5.41, 5.74) is -0.705. The number of terminal acetylenes is 1. The van der Waals surface area contributed by atoms with Gasteiger partial charge in [0.15, 0.2) is 0 Å². The van der Waals surface area contributed by atoms with Crippen LogP contribution in [0, 0.1) is 12.3 Å². The first-order valence-electron chi connectivity index (χ1n) is 5.83. The Labute approximate surface area is 93.0 Å². The van der Waals surface area contributed by atoms with Gasteiger partial charge in [-0.15, -0.1) is 12.3 Å². The molecular weight excluding hydrogens is 188 g/mol. The van der Waals surface area contributed by atoms with E-state index >= 15 is 0 Å². The molecule has 0 bridgehead atoms. The third kappa shape index (κ3) is 3.52. The van der Waals surface area contributed by atoms with E-state index < -0.39 is 5.60 Å². The fourth-order valence-electron chi connectivity index (χ4n) is 2.28. The van der Waals surface area contributed by atoms with Crippen LogP contribution in [0.3, 0.4) is 0 Å². The van der Waals surface area contributed by atoms with Crippen molar-refractivity contribution >= 4 is 0 Å². The van der Waals surface area contributed by atoms with Crippen molar-refractivity contribution in [2.75, 3.05) is 6.61 Å². The smallest absolute Gasteiger partial charge is 0.0697 e. The van der Waals surface area contributed by atoms with Crippen molar-refractivity contribution in [2.45, 2.75) is 63.6 Å². The van der Waals surface area contributed by atoms with Crippen molar-refractivity contribution in [1.82, 2.24) is 0 Å². The Bertz CT molecular complexity index is 243. The molecule has 1 aliphatic rings. The number of hydrogen-bond acceptors (Lipinski definition) is 2. The molecule has 2 nitrogen and oxygen atoms in total. The number of hydrogen-bond donors (Lipinski definition) is 1. The van der Waals surface area contributed by atoms with Crippen molar-refractivity contribution in [3.05, 3.63) is 0 Å². The van der Waals surface area contributed by atoms with Gasteiger partial charge in [0.05, 0.1) is 17.8 Å². The quantitative estimate of drug-likeness (QED) is 0.570. The molecule has 1 N–H and O–H groups in total. The minimum atomic E-state index is -0.556. The molecule has 1 rings (SSSR count). The molecule has 1 heterocycles. The van der Waals surface area contributed by atoms with Crippen molar-refractivity contribution in [1.29, 1.82) is 0 Å². The zero-order valence-corrected chi connectivity index (χ0v) is 9.88. The molecule has 2 heteroatoms. The highest BCUT2D eigenvalue weighted by Gasteiger charge is 2.40. The highest BCUT2D eigenvalue weighted by atomic mass is 16.5. The van der Waals surface area contributed by atoms with E-state index in [4.69, 9.17) is 11.2 Å². The summed E-state index contributed by atoms with van der Waals surface area (Å²) in [6.45, 7) is 4.85. The Hall–Kier alpha value is -0.520. The highest BCUT2D eigenvalue weighted by Crippen LogP contribution is 2.37.